The maximum atomic E-state index is 12.1. The van der Waals surface area contributed by atoms with E-state index in [4.69, 9.17) is 0 Å². The van der Waals surface area contributed by atoms with Crippen LogP contribution in [0.2, 0.25) is 0 Å². The van der Waals surface area contributed by atoms with E-state index in [-0.39, 0.29) is 17.9 Å². The summed E-state index contributed by atoms with van der Waals surface area (Å²) in [5, 5.41) is 7.44. The van der Waals surface area contributed by atoms with Gasteiger partial charge in [-0.2, -0.15) is 9.40 Å². The number of amides is 1. The van der Waals surface area contributed by atoms with Crippen LogP contribution in [0.5, 0.6) is 0 Å². The second-order valence-electron chi connectivity index (χ2n) is 9.04. The number of nitrogens with zero attached hydrogens (tertiary/aromatic N) is 4. The molecule has 2 fully saturated rings. The van der Waals surface area contributed by atoms with Gasteiger partial charge in [0, 0.05) is 56.0 Å². The van der Waals surface area contributed by atoms with Crippen LogP contribution in [0.4, 0.5) is 5.82 Å². The van der Waals surface area contributed by atoms with Crippen LogP contribution in [0, 0.1) is 5.92 Å². The molecule has 2 aliphatic rings. The molecule has 1 saturated carbocycles. The van der Waals surface area contributed by atoms with E-state index in [1.54, 1.807) is 8.82 Å². The van der Waals surface area contributed by atoms with Gasteiger partial charge in [-0.25, -0.2) is 12.9 Å². The number of hydrogen-bond donors (Lipinski definition) is 1. The van der Waals surface area contributed by atoms with E-state index in [1.165, 1.54) is 11.8 Å². The van der Waals surface area contributed by atoms with Crippen molar-refractivity contribution in [1.29, 1.82) is 0 Å². The molecule has 1 aliphatic carbocycles. The van der Waals surface area contributed by atoms with Crippen molar-refractivity contribution in [3.8, 4) is 11.1 Å². The van der Waals surface area contributed by atoms with Gasteiger partial charge < -0.3 is 5.32 Å². The van der Waals surface area contributed by atoms with E-state index in [1.807, 2.05) is 18.3 Å². The smallest absolute Gasteiger partial charge is 0.228 e. The van der Waals surface area contributed by atoms with Gasteiger partial charge in [0.1, 0.15) is 0 Å². The Hall–Kier alpha value is -2.75. The van der Waals surface area contributed by atoms with Crippen LogP contribution in [-0.4, -0.2) is 65.6 Å². The topological polar surface area (TPSA) is 87.0 Å². The lowest BCUT2D eigenvalue weighted by molar-refractivity contribution is -0.117. The largest absolute Gasteiger partial charge is 0.309 e. The monoisotopic (exact) mass is 467 g/mol. The third kappa shape index (κ3) is 4.66. The maximum absolute atomic E-state index is 12.1. The molecule has 174 valence electrons. The minimum Gasteiger partial charge on any atom is -0.309 e. The summed E-state index contributed by atoms with van der Waals surface area (Å²) >= 11 is 0. The van der Waals surface area contributed by atoms with Gasteiger partial charge in [-0.3, -0.25) is 9.69 Å². The van der Waals surface area contributed by atoms with Crippen LogP contribution in [0.3, 0.4) is 0 Å². The Labute approximate surface area is 194 Å². The van der Waals surface area contributed by atoms with Crippen LogP contribution < -0.4 is 5.32 Å². The highest BCUT2D eigenvalue weighted by Crippen LogP contribution is 2.32. The molecule has 5 rings (SSSR count). The molecule has 8 nitrogen and oxygen atoms in total. The molecule has 1 atom stereocenters. The highest BCUT2D eigenvalue weighted by molar-refractivity contribution is 7.88. The number of carbonyl (C=O) groups is 1. The lowest BCUT2D eigenvalue weighted by Gasteiger charge is -2.37. The Bertz CT molecular complexity index is 1270. The minimum atomic E-state index is -3.12. The zero-order chi connectivity index (χ0) is 23.2. The molecule has 0 bridgehead atoms. The van der Waals surface area contributed by atoms with Gasteiger partial charge in [0.15, 0.2) is 5.82 Å². The van der Waals surface area contributed by atoms with Crippen molar-refractivity contribution in [1.82, 2.24) is 18.8 Å². The molecule has 2 aromatic heterocycles. The highest BCUT2D eigenvalue weighted by Gasteiger charge is 2.30. The van der Waals surface area contributed by atoms with Gasteiger partial charge in [-0.15, -0.1) is 0 Å². The summed E-state index contributed by atoms with van der Waals surface area (Å²) in [6.07, 6.45) is 5.08. The van der Waals surface area contributed by atoms with Crippen molar-refractivity contribution in [3.05, 3.63) is 54.2 Å². The number of sulfonamides is 1. The number of carbonyl (C=O) groups excluding carboxylic acids is 1. The fraction of sp³-hybridized carbons (Fsp3) is 0.417. The quantitative estimate of drug-likeness (QED) is 0.602. The number of benzene rings is 1. The molecule has 1 saturated heterocycles. The molecule has 1 aliphatic heterocycles. The van der Waals surface area contributed by atoms with Crippen molar-refractivity contribution >= 4 is 27.3 Å². The van der Waals surface area contributed by atoms with Gasteiger partial charge in [-0.05, 0) is 37.0 Å². The molecule has 1 amide bonds. The third-order valence-corrected chi connectivity index (χ3v) is 8.00. The molecule has 3 heterocycles. The van der Waals surface area contributed by atoms with Crippen LogP contribution in [0.15, 0.2) is 48.7 Å². The van der Waals surface area contributed by atoms with E-state index in [0.29, 0.717) is 18.9 Å². The van der Waals surface area contributed by atoms with Crippen molar-refractivity contribution < 1.29 is 13.2 Å². The van der Waals surface area contributed by atoms with E-state index in [2.05, 4.69) is 52.6 Å². The number of fused-ring (bicyclic) bond motifs is 1. The fourth-order valence-electron chi connectivity index (χ4n) is 4.47. The summed E-state index contributed by atoms with van der Waals surface area (Å²) in [7, 11) is -3.12. The third-order valence-electron chi connectivity index (χ3n) is 6.70. The van der Waals surface area contributed by atoms with Gasteiger partial charge >= 0.3 is 0 Å². The molecular formula is C24H29N5O3S. The van der Waals surface area contributed by atoms with Crippen LogP contribution in [-0.2, 0) is 14.8 Å². The number of pyridine rings is 1. The van der Waals surface area contributed by atoms with Gasteiger partial charge in [-0.1, -0.05) is 30.3 Å². The zero-order valence-corrected chi connectivity index (χ0v) is 19.8. The van der Waals surface area contributed by atoms with Gasteiger partial charge in [0.25, 0.3) is 0 Å². The lowest BCUT2D eigenvalue weighted by Crippen LogP contribution is -2.48. The molecule has 3 aromatic rings. The Morgan fingerprint density at radius 2 is 1.79 bits per heavy atom. The fourth-order valence-corrected chi connectivity index (χ4v) is 5.30. The Morgan fingerprint density at radius 1 is 1.09 bits per heavy atom. The SMILES string of the molecule is C[C@H](c1ccc(-c2cccn3nc(NC(=O)C4CC4)cc23)cc1)N1CCN(S(C)(=O)=O)CC1. The Kier molecular flexibility index (Phi) is 5.72. The van der Waals surface area contributed by atoms with Crippen molar-refractivity contribution in [2.75, 3.05) is 37.8 Å². The average molecular weight is 468 g/mol. The molecule has 0 radical (unpaired) electrons. The van der Waals surface area contributed by atoms with E-state index >= 15 is 0 Å². The standard InChI is InChI=1S/C24H29N5O3S/c1-17(27-12-14-28(15-13-27)33(2,31)32)18-5-7-19(8-6-18)21-4-3-11-29-22(21)16-23(26-29)25-24(30)20-9-10-20/h3-8,11,16-17,20H,9-10,12-15H2,1-2H3,(H,25,26,30)/t17-/m1/s1. The van der Waals surface area contributed by atoms with Crippen molar-refractivity contribution in [2.45, 2.75) is 25.8 Å². The number of hydrogen-bond acceptors (Lipinski definition) is 5. The average Bonchev–Trinajstić information content (AvgIpc) is 3.58. The molecule has 1 aromatic carbocycles. The first-order valence-electron chi connectivity index (χ1n) is 11.4. The van der Waals surface area contributed by atoms with Gasteiger partial charge in [0.2, 0.25) is 15.9 Å². The van der Waals surface area contributed by atoms with Crippen LogP contribution in [0.25, 0.3) is 16.6 Å². The van der Waals surface area contributed by atoms with Gasteiger partial charge in [0.05, 0.1) is 11.8 Å². The van der Waals surface area contributed by atoms with E-state index < -0.39 is 10.0 Å². The predicted octanol–water partition coefficient (Wildman–Crippen LogP) is 2.99. The second-order valence-corrected chi connectivity index (χ2v) is 11.0. The first kappa shape index (κ1) is 22.1. The second kappa shape index (κ2) is 8.55. The number of rotatable bonds is 6. The Balaban J connectivity index is 1.32. The summed E-state index contributed by atoms with van der Waals surface area (Å²) in [5.74, 6) is 0.770. The van der Waals surface area contributed by atoms with Crippen molar-refractivity contribution in [2.24, 2.45) is 5.92 Å². The van der Waals surface area contributed by atoms with Crippen LogP contribution in [0.1, 0.15) is 31.4 Å². The number of aromatic nitrogens is 2. The Morgan fingerprint density at radius 3 is 2.42 bits per heavy atom. The van der Waals surface area contributed by atoms with E-state index in [9.17, 15) is 13.2 Å². The molecule has 0 unspecified atom stereocenters. The summed E-state index contributed by atoms with van der Waals surface area (Å²) in [4.78, 5) is 14.4. The lowest BCUT2D eigenvalue weighted by atomic mass is 10.00. The predicted molar refractivity (Wildman–Crippen MR) is 128 cm³/mol. The molecule has 0 spiro atoms. The molecule has 1 N–H and O–H groups in total. The summed E-state index contributed by atoms with van der Waals surface area (Å²) in [6, 6.07) is 14.7. The van der Waals surface area contributed by atoms with Crippen molar-refractivity contribution in [3.63, 3.8) is 0 Å². The zero-order valence-electron chi connectivity index (χ0n) is 18.9. The number of anilines is 1. The normalized spacial score (nSPS) is 19.0. The molecule has 9 heteroatoms. The molecular weight excluding hydrogens is 438 g/mol. The first-order chi connectivity index (χ1) is 15.8. The van der Waals surface area contributed by atoms with E-state index in [0.717, 1.165) is 42.6 Å². The number of nitrogens with one attached hydrogen (secondary N) is 1. The minimum absolute atomic E-state index is 0.0515. The maximum Gasteiger partial charge on any atom is 0.228 e. The summed E-state index contributed by atoms with van der Waals surface area (Å²) < 4.78 is 26.9. The highest BCUT2D eigenvalue weighted by atomic mass is 32.2. The van der Waals surface area contributed by atoms with Crippen LogP contribution >= 0.6 is 0 Å². The number of piperazine rings is 1. The summed E-state index contributed by atoms with van der Waals surface area (Å²) in [6.45, 7) is 4.67. The first-order valence-corrected chi connectivity index (χ1v) is 13.2. The molecule has 33 heavy (non-hydrogen) atoms. The summed E-state index contributed by atoms with van der Waals surface area (Å²) in [5.41, 5.74) is 4.28.